The van der Waals surface area contributed by atoms with E-state index in [0.717, 1.165) is 16.7 Å². The molecule has 0 fully saturated rings. The number of rotatable bonds is 3. The SMILES string of the molecule is Cc1ccccc1C(=O)NCc1cccc(C#CCO)c1. The molecule has 0 radical (unpaired) electrons. The summed E-state index contributed by atoms with van der Waals surface area (Å²) in [5, 5.41) is 11.6. The number of benzene rings is 2. The molecule has 2 aromatic carbocycles. The van der Waals surface area contributed by atoms with Gasteiger partial charge in [-0.3, -0.25) is 4.79 Å². The van der Waals surface area contributed by atoms with Crippen molar-refractivity contribution >= 4 is 5.91 Å². The second kappa shape index (κ2) is 7.28. The number of hydrogen-bond acceptors (Lipinski definition) is 2. The highest BCUT2D eigenvalue weighted by Crippen LogP contribution is 2.08. The van der Waals surface area contributed by atoms with Gasteiger partial charge in [-0.15, -0.1) is 0 Å². The molecule has 2 aromatic rings. The van der Waals surface area contributed by atoms with Gasteiger partial charge in [0.15, 0.2) is 0 Å². The van der Waals surface area contributed by atoms with Crippen LogP contribution in [0.3, 0.4) is 0 Å². The number of aliphatic hydroxyl groups excluding tert-OH is 1. The first kappa shape index (κ1) is 14.8. The molecule has 0 spiro atoms. The zero-order valence-corrected chi connectivity index (χ0v) is 11.9. The Morgan fingerprint density at radius 3 is 2.76 bits per heavy atom. The van der Waals surface area contributed by atoms with Crippen LogP contribution in [0.15, 0.2) is 48.5 Å². The molecule has 3 nitrogen and oxygen atoms in total. The average Bonchev–Trinajstić information content (AvgIpc) is 2.51. The summed E-state index contributed by atoms with van der Waals surface area (Å²) in [6.45, 7) is 2.20. The summed E-state index contributed by atoms with van der Waals surface area (Å²) in [7, 11) is 0. The number of carbonyl (C=O) groups is 1. The van der Waals surface area contributed by atoms with Gasteiger partial charge in [0.1, 0.15) is 6.61 Å². The molecular weight excluding hydrogens is 262 g/mol. The fraction of sp³-hybridized carbons (Fsp3) is 0.167. The van der Waals surface area contributed by atoms with Crippen molar-refractivity contribution in [3.63, 3.8) is 0 Å². The highest BCUT2D eigenvalue weighted by Gasteiger charge is 2.07. The fourth-order valence-electron chi connectivity index (χ4n) is 2.01. The number of carbonyl (C=O) groups excluding carboxylic acids is 1. The summed E-state index contributed by atoms with van der Waals surface area (Å²) in [5.74, 6) is 5.38. The van der Waals surface area contributed by atoms with Crippen molar-refractivity contribution in [2.24, 2.45) is 0 Å². The molecule has 0 heterocycles. The predicted octanol–water partition coefficient (Wildman–Crippen LogP) is 2.27. The molecule has 2 rings (SSSR count). The minimum atomic E-state index is -0.158. The van der Waals surface area contributed by atoms with E-state index in [1.54, 1.807) is 0 Å². The van der Waals surface area contributed by atoms with Crippen LogP contribution >= 0.6 is 0 Å². The predicted molar refractivity (Wildman–Crippen MR) is 82.8 cm³/mol. The Balaban J connectivity index is 2.03. The first-order chi connectivity index (χ1) is 10.2. The average molecular weight is 279 g/mol. The molecule has 0 unspecified atom stereocenters. The zero-order chi connectivity index (χ0) is 15.1. The zero-order valence-electron chi connectivity index (χ0n) is 11.9. The molecule has 106 valence electrons. The van der Waals surface area contributed by atoms with Crippen molar-refractivity contribution in [3.8, 4) is 11.8 Å². The summed E-state index contributed by atoms with van der Waals surface area (Å²) < 4.78 is 0. The van der Waals surface area contributed by atoms with E-state index in [-0.39, 0.29) is 12.5 Å². The third-order valence-electron chi connectivity index (χ3n) is 3.08. The van der Waals surface area contributed by atoms with Gasteiger partial charge < -0.3 is 10.4 Å². The van der Waals surface area contributed by atoms with Crippen LogP contribution in [0.4, 0.5) is 0 Å². The van der Waals surface area contributed by atoms with Crippen LogP contribution in [0.1, 0.15) is 27.0 Å². The first-order valence-electron chi connectivity index (χ1n) is 6.73. The largest absolute Gasteiger partial charge is 0.384 e. The van der Waals surface area contributed by atoms with Crippen molar-refractivity contribution in [1.82, 2.24) is 5.32 Å². The third-order valence-corrected chi connectivity index (χ3v) is 3.08. The summed E-state index contributed by atoms with van der Waals surface area (Å²) in [4.78, 5) is 12.1. The van der Waals surface area contributed by atoms with Gasteiger partial charge in [0, 0.05) is 17.7 Å². The number of amides is 1. The van der Waals surface area contributed by atoms with E-state index in [0.29, 0.717) is 12.1 Å². The minimum absolute atomic E-state index is 0.0834. The lowest BCUT2D eigenvalue weighted by molar-refractivity contribution is 0.0950. The van der Waals surface area contributed by atoms with Gasteiger partial charge >= 0.3 is 0 Å². The first-order valence-corrected chi connectivity index (χ1v) is 6.73. The third kappa shape index (κ3) is 4.20. The van der Waals surface area contributed by atoms with E-state index in [1.807, 2.05) is 55.5 Å². The smallest absolute Gasteiger partial charge is 0.251 e. The van der Waals surface area contributed by atoms with Gasteiger partial charge in [-0.1, -0.05) is 42.2 Å². The molecule has 2 N–H and O–H groups in total. The van der Waals surface area contributed by atoms with Crippen LogP contribution in [0.25, 0.3) is 0 Å². The molecule has 21 heavy (non-hydrogen) atoms. The number of aliphatic hydroxyl groups is 1. The Hall–Kier alpha value is -2.57. The lowest BCUT2D eigenvalue weighted by Crippen LogP contribution is -2.23. The number of aryl methyl sites for hydroxylation is 1. The molecule has 0 bridgehead atoms. The second-order valence-electron chi connectivity index (χ2n) is 4.66. The topological polar surface area (TPSA) is 49.3 Å². The Morgan fingerprint density at radius 2 is 2.00 bits per heavy atom. The van der Waals surface area contributed by atoms with Crippen molar-refractivity contribution in [2.75, 3.05) is 6.61 Å². The van der Waals surface area contributed by atoms with Gasteiger partial charge in [0.05, 0.1) is 0 Å². The monoisotopic (exact) mass is 279 g/mol. The lowest BCUT2D eigenvalue weighted by atomic mass is 10.1. The Labute approximate surface area is 124 Å². The van der Waals surface area contributed by atoms with Crippen LogP contribution in [-0.4, -0.2) is 17.6 Å². The summed E-state index contributed by atoms with van der Waals surface area (Å²) in [6.07, 6.45) is 0. The molecule has 0 atom stereocenters. The fourth-order valence-corrected chi connectivity index (χ4v) is 2.01. The molecule has 0 saturated heterocycles. The van der Waals surface area contributed by atoms with E-state index in [4.69, 9.17) is 5.11 Å². The van der Waals surface area contributed by atoms with E-state index < -0.39 is 0 Å². The van der Waals surface area contributed by atoms with E-state index in [9.17, 15) is 4.79 Å². The Kier molecular flexibility index (Phi) is 5.14. The Morgan fingerprint density at radius 1 is 1.19 bits per heavy atom. The normalized spacial score (nSPS) is 9.62. The quantitative estimate of drug-likeness (QED) is 0.847. The maximum Gasteiger partial charge on any atom is 0.251 e. The second-order valence-corrected chi connectivity index (χ2v) is 4.66. The van der Waals surface area contributed by atoms with E-state index in [1.165, 1.54) is 0 Å². The van der Waals surface area contributed by atoms with Crippen LogP contribution in [-0.2, 0) is 6.54 Å². The molecule has 1 amide bonds. The minimum Gasteiger partial charge on any atom is -0.384 e. The van der Waals surface area contributed by atoms with Crippen molar-refractivity contribution < 1.29 is 9.90 Å². The maximum absolute atomic E-state index is 12.1. The molecule has 0 aromatic heterocycles. The van der Waals surface area contributed by atoms with Gasteiger partial charge in [-0.05, 0) is 36.2 Å². The maximum atomic E-state index is 12.1. The number of hydrogen-bond donors (Lipinski definition) is 2. The van der Waals surface area contributed by atoms with E-state index in [2.05, 4.69) is 17.2 Å². The van der Waals surface area contributed by atoms with Gasteiger partial charge in [-0.25, -0.2) is 0 Å². The van der Waals surface area contributed by atoms with Crippen LogP contribution in [0, 0.1) is 18.8 Å². The molecule has 0 aliphatic carbocycles. The van der Waals surface area contributed by atoms with Crippen molar-refractivity contribution in [1.29, 1.82) is 0 Å². The van der Waals surface area contributed by atoms with Gasteiger partial charge in [0.25, 0.3) is 5.91 Å². The molecule has 0 saturated carbocycles. The Bertz CT molecular complexity index is 696. The summed E-state index contributed by atoms with van der Waals surface area (Å²) in [6, 6.07) is 15.1. The van der Waals surface area contributed by atoms with Crippen LogP contribution in [0.5, 0.6) is 0 Å². The van der Waals surface area contributed by atoms with Crippen molar-refractivity contribution in [2.45, 2.75) is 13.5 Å². The van der Waals surface area contributed by atoms with Crippen LogP contribution in [0.2, 0.25) is 0 Å². The standard InChI is InChI=1S/C18H17NO2/c1-14-6-2-3-10-17(14)18(21)19-13-16-8-4-7-15(12-16)9-5-11-20/h2-4,6-8,10,12,20H,11,13H2,1H3,(H,19,21). The van der Waals surface area contributed by atoms with Gasteiger partial charge in [-0.2, -0.15) is 0 Å². The van der Waals surface area contributed by atoms with E-state index >= 15 is 0 Å². The number of nitrogens with one attached hydrogen (secondary N) is 1. The highest BCUT2D eigenvalue weighted by molar-refractivity contribution is 5.95. The van der Waals surface area contributed by atoms with Crippen LogP contribution < -0.4 is 5.32 Å². The molecule has 0 aliphatic rings. The summed E-state index contributed by atoms with van der Waals surface area (Å²) >= 11 is 0. The summed E-state index contributed by atoms with van der Waals surface area (Å²) in [5.41, 5.74) is 3.44. The highest BCUT2D eigenvalue weighted by atomic mass is 16.2. The molecule has 3 heteroatoms. The molecular formula is C18H17NO2. The van der Waals surface area contributed by atoms with Crippen molar-refractivity contribution in [3.05, 3.63) is 70.8 Å². The van der Waals surface area contributed by atoms with Gasteiger partial charge in [0.2, 0.25) is 0 Å². The lowest BCUT2D eigenvalue weighted by Gasteiger charge is -2.08. The molecule has 0 aliphatic heterocycles.